The molecular formula is C30H33ClN6OS. The number of nitrogen functional groups attached to an aromatic ring is 1. The summed E-state index contributed by atoms with van der Waals surface area (Å²) in [6.45, 7) is 8.17. The molecule has 9 heteroatoms. The van der Waals surface area contributed by atoms with Gasteiger partial charge in [0.05, 0.1) is 11.4 Å². The van der Waals surface area contributed by atoms with Gasteiger partial charge in [-0.25, -0.2) is 4.98 Å². The van der Waals surface area contributed by atoms with E-state index in [1.54, 1.807) is 0 Å². The molecule has 2 heterocycles. The normalized spacial score (nSPS) is 14.0. The lowest BCUT2D eigenvalue weighted by atomic mass is 9.95. The molecule has 3 aromatic carbocycles. The average Bonchev–Trinajstić information content (AvgIpc) is 2.93. The molecule has 1 aromatic heterocycles. The van der Waals surface area contributed by atoms with Crippen LogP contribution in [0.15, 0.2) is 77.7 Å². The minimum Gasteiger partial charge on any atom is -0.437 e. The fourth-order valence-electron chi connectivity index (χ4n) is 4.56. The fraction of sp³-hybridized carbons (Fsp3) is 0.267. The van der Waals surface area contributed by atoms with Gasteiger partial charge in [-0.05, 0) is 60.8 Å². The zero-order chi connectivity index (χ0) is 27.4. The second-order valence-corrected chi connectivity index (χ2v) is 11.2. The zero-order valence-electron chi connectivity index (χ0n) is 22.4. The van der Waals surface area contributed by atoms with Crippen LogP contribution in [-0.4, -0.2) is 48.1 Å². The van der Waals surface area contributed by atoms with Crippen LogP contribution in [-0.2, 0) is 0 Å². The first-order valence-corrected chi connectivity index (χ1v) is 14.2. The minimum absolute atomic E-state index is 0.327. The molecule has 0 unspecified atom stereocenters. The van der Waals surface area contributed by atoms with Gasteiger partial charge in [0.2, 0.25) is 11.8 Å². The van der Waals surface area contributed by atoms with E-state index in [9.17, 15) is 0 Å². The van der Waals surface area contributed by atoms with E-state index in [-0.39, 0.29) is 0 Å². The van der Waals surface area contributed by atoms with Crippen LogP contribution in [0, 0.1) is 0 Å². The van der Waals surface area contributed by atoms with Gasteiger partial charge in [-0.1, -0.05) is 61.8 Å². The van der Waals surface area contributed by atoms with Crippen molar-refractivity contribution < 1.29 is 4.74 Å². The number of piperazine rings is 1. The molecule has 1 saturated heterocycles. The van der Waals surface area contributed by atoms with Crippen molar-refractivity contribution in [2.45, 2.75) is 24.7 Å². The lowest BCUT2D eigenvalue weighted by Crippen LogP contribution is -2.44. The number of nitrogens with zero attached hydrogens (tertiary/aromatic N) is 4. The number of ether oxygens (including phenoxy) is 1. The molecule has 5 rings (SSSR count). The summed E-state index contributed by atoms with van der Waals surface area (Å²) < 4.78 is 9.61. The van der Waals surface area contributed by atoms with Crippen LogP contribution in [0.5, 0.6) is 11.6 Å². The standard InChI is InChI=1S/C30H33ClN6OS/c1-20(2)23-10-4-5-11-24(23)25-19-28(34-30(33-25)35-39-22-9-6-8-21(32)18-22)38-27-13-7-12-26(29(27)31)37-16-14-36(3)15-17-37/h4-13,18-20H,14-17,32H2,1-3H3,(H,33,34,35). The van der Waals surface area contributed by atoms with E-state index < -0.39 is 0 Å². The molecule has 0 bridgehead atoms. The summed E-state index contributed by atoms with van der Waals surface area (Å²) in [7, 11) is 2.14. The molecule has 39 heavy (non-hydrogen) atoms. The van der Waals surface area contributed by atoms with Crippen molar-refractivity contribution in [3.8, 4) is 22.9 Å². The molecule has 0 radical (unpaired) electrons. The summed E-state index contributed by atoms with van der Waals surface area (Å²) in [6.07, 6.45) is 0. The molecule has 0 aliphatic carbocycles. The van der Waals surface area contributed by atoms with Crippen molar-refractivity contribution in [2.75, 3.05) is 48.6 Å². The molecule has 4 aromatic rings. The largest absolute Gasteiger partial charge is 0.437 e. The average molecular weight is 561 g/mol. The van der Waals surface area contributed by atoms with Gasteiger partial charge in [0.25, 0.3) is 0 Å². The van der Waals surface area contributed by atoms with E-state index in [2.05, 4.69) is 58.6 Å². The smallest absolute Gasteiger partial charge is 0.237 e. The molecule has 0 amide bonds. The van der Waals surface area contributed by atoms with Crippen molar-refractivity contribution in [3.05, 3.63) is 83.4 Å². The molecule has 0 atom stereocenters. The Kier molecular flexibility index (Phi) is 8.45. The van der Waals surface area contributed by atoms with Crippen LogP contribution < -0.4 is 20.1 Å². The number of hydrogen-bond donors (Lipinski definition) is 2. The topological polar surface area (TPSA) is 79.5 Å². The zero-order valence-corrected chi connectivity index (χ0v) is 24.0. The highest BCUT2D eigenvalue weighted by molar-refractivity contribution is 8.00. The van der Waals surface area contributed by atoms with Crippen LogP contribution in [0.2, 0.25) is 5.02 Å². The Labute approximate surface area is 239 Å². The highest BCUT2D eigenvalue weighted by Crippen LogP contribution is 2.38. The molecule has 202 valence electrons. The van der Waals surface area contributed by atoms with Crippen molar-refractivity contribution in [1.29, 1.82) is 0 Å². The van der Waals surface area contributed by atoms with Crippen molar-refractivity contribution >= 4 is 40.9 Å². The van der Waals surface area contributed by atoms with Crippen LogP contribution in [0.4, 0.5) is 17.3 Å². The van der Waals surface area contributed by atoms with E-state index in [1.807, 2.05) is 54.6 Å². The molecular weight excluding hydrogens is 528 g/mol. The summed E-state index contributed by atoms with van der Waals surface area (Å²) in [5.74, 6) is 1.73. The number of aromatic nitrogens is 2. The van der Waals surface area contributed by atoms with Gasteiger partial charge in [-0.2, -0.15) is 4.98 Å². The fourth-order valence-corrected chi connectivity index (χ4v) is 5.49. The first-order valence-electron chi connectivity index (χ1n) is 13.0. The monoisotopic (exact) mass is 560 g/mol. The molecule has 3 N–H and O–H groups in total. The third-order valence-corrected chi connectivity index (χ3v) is 7.84. The first kappa shape index (κ1) is 27.1. The third-order valence-electron chi connectivity index (χ3n) is 6.68. The van der Waals surface area contributed by atoms with Crippen LogP contribution in [0.25, 0.3) is 11.3 Å². The number of anilines is 3. The lowest BCUT2D eigenvalue weighted by Gasteiger charge is -2.34. The van der Waals surface area contributed by atoms with Gasteiger partial charge in [0.1, 0.15) is 10.8 Å². The quantitative estimate of drug-likeness (QED) is 0.173. The number of hydrogen-bond acceptors (Lipinski definition) is 8. The molecule has 0 saturated carbocycles. The molecule has 1 aliphatic rings. The van der Waals surface area contributed by atoms with Crippen molar-refractivity contribution in [2.24, 2.45) is 0 Å². The molecule has 1 aliphatic heterocycles. The predicted molar refractivity (Wildman–Crippen MR) is 163 cm³/mol. The minimum atomic E-state index is 0.327. The highest BCUT2D eigenvalue weighted by atomic mass is 35.5. The summed E-state index contributed by atoms with van der Waals surface area (Å²) in [6, 6.07) is 23.7. The summed E-state index contributed by atoms with van der Waals surface area (Å²) in [5.41, 5.74) is 10.6. The van der Waals surface area contributed by atoms with E-state index in [0.717, 1.165) is 48.0 Å². The highest BCUT2D eigenvalue weighted by Gasteiger charge is 2.20. The lowest BCUT2D eigenvalue weighted by molar-refractivity contribution is 0.313. The maximum atomic E-state index is 6.89. The van der Waals surface area contributed by atoms with Gasteiger partial charge in [0, 0.05) is 48.4 Å². The van der Waals surface area contributed by atoms with Gasteiger partial charge < -0.3 is 20.3 Å². The Hall–Kier alpha value is -3.46. The van der Waals surface area contributed by atoms with Crippen molar-refractivity contribution in [3.63, 3.8) is 0 Å². The second kappa shape index (κ2) is 12.2. The summed E-state index contributed by atoms with van der Waals surface area (Å²) >= 11 is 8.29. The van der Waals surface area contributed by atoms with Crippen LogP contribution in [0.1, 0.15) is 25.3 Å². The Morgan fingerprint density at radius 2 is 1.72 bits per heavy atom. The Bertz CT molecular complexity index is 1440. The van der Waals surface area contributed by atoms with Gasteiger partial charge in [-0.3, -0.25) is 4.72 Å². The third kappa shape index (κ3) is 6.58. The number of nitrogens with two attached hydrogens (primary N) is 1. The molecule has 0 spiro atoms. The van der Waals surface area contributed by atoms with E-state index in [1.165, 1.54) is 17.5 Å². The SMILES string of the molecule is CC(C)c1ccccc1-c1cc(Oc2cccc(N3CCN(C)CC3)c2Cl)nc(NSc2cccc(N)c2)n1. The maximum Gasteiger partial charge on any atom is 0.237 e. The van der Waals surface area contributed by atoms with Crippen molar-refractivity contribution in [1.82, 2.24) is 14.9 Å². The van der Waals surface area contributed by atoms with Gasteiger partial charge in [0.15, 0.2) is 0 Å². The van der Waals surface area contributed by atoms with E-state index in [4.69, 9.17) is 27.1 Å². The molecule has 7 nitrogen and oxygen atoms in total. The predicted octanol–water partition coefficient (Wildman–Crippen LogP) is 7.17. The van der Waals surface area contributed by atoms with Gasteiger partial charge in [-0.15, -0.1) is 0 Å². The number of likely N-dealkylation sites (N-methyl/N-ethyl adjacent to an activating group) is 1. The maximum absolute atomic E-state index is 6.89. The summed E-state index contributed by atoms with van der Waals surface area (Å²) in [5, 5.41) is 0.577. The molecule has 1 fully saturated rings. The number of benzene rings is 3. The van der Waals surface area contributed by atoms with E-state index in [0.29, 0.717) is 34.2 Å². The van der Waals surface area contributed by atoms with Crippen LogP contribution in [0.3, 0.4) is 0 Å². The van der Waals surface area contributed by atoms with E-state index >= 15 is 0 Å². The summed E-state index contributed by atoms with van der Waals surface area (Å²) in [4.78, 5) is 15.1. The first-order chi connectivity index (χ1) is 18.9. The number of halogens is 1. The Morgan fingerprint density at radius 3 is 2.49 bits per heavy atom. The van der Waals surface area contributed by atoms with Gasteiger partial charge >= 0.3 is 0 Å². The Morgan fingerprint density at radius 1 is 0.949 bits per heavy atom. The number of nitrogens with one attached hydrogen (secondary N) is 1. The van der Waals surface area contributed by atoms with Crippen LogP contribution >= 0.6 is 23.5 Å². The second-order valence-electron chi connectivity index (χ2n) is 9.92. The number of rotatable bonds is 8. The Balaban J connectivity index is 1.48.